The summed E-state index contributed by atoms with van der Waals surface area (Å²) in [6.45, 7) is 7.86. The minimum absolute atomic E-state index is 0.208. The fourth-order valence-electron chi connectivity index (χ4n) is 3.54. The van der Waals surface area contributed by atoms with E-state index in [-0.39, 0.29) is 24.7 Å². The number of hydrogen-bond donors (Lipinski definition) is 4. The van der Waals surface area contributed by atoms with Gasteiger partial charge in [0.2, 0.25) is 11.8 Å². The summed E-state index contributed by atoms with van der Waals surface area (Å²) in [5.41, 5.74) is 11.3. The molecule has 0 unspecified atom stereocenters. The molecule has 0 aliphatic carbocycles. The standard InChI is InChI=1S/C24H24N6O2/c1-15-23(17-9-3-5-11-19(17)25-15)29-27-21(31)13-7-8-14-22(32)28-30-24-16(2)26-20-12-6-4-10-18(20)24/h3-6,9-12,25-26H,1-2,7-8,13-14H2,(H,27,31)(H,28,32)/b29-23+,30-24+. The van der Waals surface area contributed by atoms with Crippen LogP contribution in [0.25, 0.3) is 0 Å². The van der Waals surface area contributed by atoms with Crippen molar-refractivity contribution in [3.05, 3.63) is 84.2 Å². The van der Waals surface area contributed by atoms with Gasteiger partial charge in [0, 0.05) is 35.3 Å². The average molecular weight is 428 g/mol. The third-order valence-electron chi connectivity index (χ3n) is 5.15. The fourth-order valence-corrected chi connectivity index (χ4v) is 3.54. The minimum Gasteiger partial charge on any atom is -0.354 e. The number of para-hydroxylation sites is 2. The zero-order valence-corrected chi connectivity index (χ0v) is 17.6. The van der Waals surface area contributed by atoms with Crippen LogP contribution in [0, 0.1) is 0 Å². The van der Waals surface area contributed by atoms with Gasteiger partial charge in [-0.1, -0.05) is 49.6 Å². The van der Waals surface area contributed by atoms with Crippen LogP contribution in [0.5, 0.6) is 0 Å². The number of anilines is 2. The van der Waals surface area contributed by atoms with Crippen LogP contribution >= 0.6 is 0 Å². The van der Waals surface area contributed by atoms with Crippen molar-refractivity contribution in [3.8, 4) is 0 Å². The number of rotatable bonds is 7. The first-order chi connectivity index (χ1) is 15.5. The molecule has 2 aliphatic heterocycles. The second-order valence-corrected chi connectivity index (χ2v) is 7.50. The van der Waals surface area contributed by atoms with Gasteiger partial charge in [-0.2, -0.15) is 10.2 Å². The molecule has 4 N–H and O–H groups in total. The summed E-state index contributed by atoms with van der Waals surface area (Å²) in [6.07, 6.45) is 1.67. The number of carbonyl (C=O) groups is 2. The van der Waals surface area contributed by atoms with Crippen molar-refractivity contribution < 1.29 is 9.59 Å². The fraction of sp³-hybridized carbons (Fsp3) is 0.167. The molecule has 8 nitrogen and oxygen atoms in total. The summed E-state index contributed by atoms with van der Waals surface area (Å²) in [7, 11) is 0. The molecular formula is C24H24N6O2. The van der Waals surface area contributed by atoms with Crippen molar-refractivity contribution in [3.63, 3.8) is 0 Å². The summed E-state index contributed by atoms with van der Waals surface area (Å²) in [5.74, 6) is -0.416. The molecule has 0 fully saturated rings. The molecule has 2 amide bonds. The highest BCUT2D eigenvalue weighted by Crippen LogP contribution is 2.27. The number of hydrazone groups is 2. The molecule has 8 heteroatoms. The predicted molar refractivity (Wildman–Crippen MR) is 126 cm³/mol. The summed E-state index contributed by atoms with van der Waals surface area (Å²) in [5, 5.41) is 14.7. The van der Waals surface area contributed by atoms with Crippen LogP contribution in [0.2, 0.25) is 0 Å². The number of hydrogen-bond acceptors (Lipinski definition) is 6. The van der Waals surface area contributed by atoms with E-state index in [4.69, 9.17) is 0 Å². The van der Waals surface area contributed by atoms with Gasteiger partial charge in [-0.3, -0.25) is 9.59 Å². The number of unbranched alkanes of at least 4 members (excludes halogenated alkanes) is 1. The summed E-state index contributed by atoms with van der Waals surface area (Å²) < 4.78 is 0. The molecule has 2 aromatic carbocycles. The maximum absolute atomic E-state index is 12.1. The summed E-state index contributed by atoms with van der Waals surface area (Å²) in [4.78, 5) is 24.2. The Morgan fingerprint density at radius 1 is 0.719 bits per heavy atom. The normalized spacial score (nSPS) is 16.4. The van der Waals surface area contributed by atoms with Crippen LogP contribution in [0.3, 0.4) is 0 Å². The van der Waals surface area contributed by atoms with Gasteiger partial charge in [-0.05, 0) is 25.0 Å². The lowest BCUT2D eigenvalue weighted by molar-refractivity contribution is -0.123. The number of allylic oxidation sites excluding steroid dienone is 2. The first-order valence-corrected chi connectivity index (χ1v) is 10.4. The molecule has 0 saturated heterocycles. The second-order valence-electron chi connectivity index (χ2n) is 7.50. The van der Waals surface area contributed by atoms with E-state index in [0.29, 0.717) is 35.7 Å². The lowest BCUT2D eigenvalue weighted by Gasteiger charge is -2.04. The molecule has 0 radical (unpaired) electrons. The summed E-state index contributed by atoms with van der Waals surface area (Å²) in [6, 6.07) is 15.3. The van der Waals surface area contributed by atoms with Crippen molar-refractivity contribution in [2.75, 3.05) is 10.6 Å². The molecule has 2 aromatic rings. The Morgan fingerprint density at radius 3 is 1.56 bits per heavy atom. The van der Waals surface area contributed by atoms with Crippen molar-refractivity contribution in [1.82, 2.24) is 10.9 Å². The van der Waals surface area contributed by atoms with E-state index in [9.17, 15) is 9.59 Å². The quantitative estimate of drug-likeness (QED) is 0.400. The van der Waals surface area contributed by atoms with E-state index in [1.807, 2.05) is 48.5 Å². The van der Waals surface area contributed by atoms with Crippen molar-refractivity contribution in [2.45, 2.75) is 25.7 Å². The van der Waals surface area contributed by atoms with Gasteiger partial charge in [-0.15, -0.1) is 0 Å². The third-order valence-corrected chi connectivity index (χ3v) is 5.15. The smallest absolute Gasteiger partial charge is 0.240 e. The molecule has 2 heterocycles. The molecule has 4 rings (SSSR count). The molecule has 0 bridgehead atoms. The van der Waals surface area contributed by atoms with E-state index in [1.165, 1.54) is 0 Å². The van der Waals surface area contributed by atoms with Crippen LogP contribution in [-0.2, 0) is 9.59 Å². The van der Waals surface area contributed by atoms with Crippen molar-refractivity contribution in [2.24, 2.45) is 10.2 Å². The second kappa shape index (κ2) is 9.30. The first kappa shape index (κ1) is 21.0. The van der Waals surface area contributed by atoms with E-state index in [2.05, 4.69) is 44.8 Å². The molecule has 0 aromatic heterocycles. The van der Waals surface area contributed by atoms with Gasteiger partial charge in [0.15, 0.2) is 0 Å². The van der Waals surface area contributed by atoms with Crippen molar-refractivity contribution in [1.29, 1.82) is 0 Å². The molecular weight excluding hydrogens is 404 g/mol. The van der Waals surface area contributed by atoms with Gasteiger partial charge >= 0.3 is 0 Å². The largest absolute Gasteiger partial charge is 0.354 e. The molecule has 0 spiro atoms. The van der Waals surface area contributed by atoms with E-state index in [1.54, 1.807) is 0 Å². The first-order valence-electron chi connectivity index (χ1n) is 10.4. The predicted octanol–water partition coefficient (Wildman–Crippen LogP) is 3.47. The van der Waals surface area contributed by atoms with Crippen LogP contribution < -0.4 is 21.5 Å². The number of fused-ring (bicyclic) bond motifs is 2. The maximum Gasteiger partial charge on any atom is 0.240 e. The van der Waals surface area contributed by atoms with Gasteiger partial charge < -0.3 is 10.6 Å². The SMILES string of the molecule is C=C1Nc2ccccc2/C1=N/NC(=O)CCCCC(=O)N/N=C1\C(=C)Nc2ccccc21. The molecule has 0 atom stereocenters. The minimum atomic E-state index is -0.208. The van der Waals surface area contributed by atoms with Crippen molar-refractivity contribution >= 4 is 34.6 Å². The number of benzene rings is 2. The highest BCUT2D eigenvalue weighted by molar-refractivity contribution is 6.22. The Kier molecular flexibility index (Phi) is 6.12. The van der Waals surface area contributed by atoms with Gasteiger partial charge in [0.1, 0.15) is 11.4 Å². The zero-order valence-electron chi connectivity index (χ0n) is 17.6. The molecule has 0 saturated carbocycles. The molecule has 32 heavy (non-hydrogen) atoms. The average Bonchev–Trinajstić information content (AvgIpc) is 3.28. The van der Waals surface area contributed by atoms with Crippen LogP contribution in [-0.4, -0.2) is 23.2 Å². The maximum atomic E-state index is 12.1. The topological polar surface area (TPSA) is 107 Å². The highest BCUT2D eigenvalue weighted by Gasteiger charge is 2.21. The van der Waals surface area contributed by atoms with E-state index in [0.717, 1.165) is 22.5 Å². The van der Waals surface area contributed by atoms with Gasteiger partial charge in [0.05, 0.1) is 11.4 Å². The monoisotopic (exact) mass is 428 g/mol. The lowest BCUT2D eigenvalue weighted by Crippen LogP contribution is -2.21. The Hall–Kier alpha value is -4.20. The van der Waals surface area contributed by atoms with E-state index < -0.39 is 0 Å². The number of carbonyl (C=O) groups excluding carboxylic acids is 2. The highest BCUT2D eigenvalue weighted by atomic mass is 16.2. The Bertz CT molecular complexity index is 1070. The van der Waals surface area contributed by atoms with Gasteiger partial charge in [0.25, 0.3) is 0 Å². The Morgan fingerprint density at radius 2 is 1.12 bits per heavy atom. The summed E-state index contributed by atoms with van der Waals surface area (Å²) >= 11 is 0. The molecule has 2 aliphatic rings. The Labute approximate surface area is 186 Å². The number of nitrogens with zero attached hydrogens (tertiary/aromatic N) is 2. The van der Waals surface area contributed by atoms with E-state index >= 15 is 0 Å². The molecule has 162 valence electrons. The van der Waals surface area contributed by atoms with Crippen LogP contribution in [0.1, 0.15) is 36.8 Å². The third kappa shape index (κ3) is 4.59. The Balaban J connectivity index is 1.20. The zero-order chi connectivity index (χ0) is 22.5. The lowest BCUT2D eigenvalue weighted by atomic mass is 10.1. The van der Waals surface area contributed by atoms with Crippen LogP contribution in [0.4, 0.5) is 11.4 Å². The van der Waals surface area contributed by atoms with Gasteiger partial charge in [-0.25, -0.2) is 10.9 Å². The van der Waals surface area contributed by atoms with Crippen LogP contribution in [0.15, 0.2) is 83.3 Å². The number of amides is 2. The number of nitrogens with one attached hydrogen (secondary N) is 4.